The monoisotopic (exact) mass is 365 g/mol. The lowest BCUT2D eigenvalue weighted by Crippen LogP contribution is -2.26. The van der Waals surface area contributed by atoms with E-state index in [0.717, 1.165) is 29.7 Å². The Morgan fingerprint density at radius 2 is 2.00 bits per heavy atom. The lowest BCUT2D eigenvalue weighted by atomic mass is 10.2. The van der Waals surface area contributed by atoms with Gasteiger partial charge in [0.2, 0.25) is 0 Å². The molecule has 2 aromatic rings. The van der Waals surface area contributed by atoms with Crippen LogP contribution in [0, 0.1) is 5.82 Å². The molecule has 3 rings (SSSR count). The van der Waals surface area contributed by atoms with Crippen molar-refractivity contribution < 1.29 is 12.8 Å². The van der Waals surface area contributed by atoms with Crippen LogP contribution in [0.4, 0.5) is 4.39 Å². The van der Waals surface area contributed by atoms with Gasteiger partial charge in [-0.2, -0.15) is 4.68 Å². The fraction of sp³-hybridized carbons (Fsp3) is 0.333. The Morgan fingerprint density at radius 1 is 1.27 bits per heavy atom. The number of hydrogen-bond acceptors (Lipinski definition) is 4. The van der Waals surface area contributed by atoms with Gasteiger partial charge in [0.25, 0.3) is 9.05 Å². The molecule has 0 saturated carbocycles. The van der Waals surface area contributed by atoms with Gasteiger partial charge in [-0.05, 0) is 25.0 Å². The standard InChI is InChI=1S/C12H10Cl2FN3O3S/c13-7-5-8(15)9(6-10(7)22(14,20)21)18-12(19)17-4-2-1-3-11(17)16-18/h5-6H,1-4H2. The normalized spacial score (nSPS) is 14.9. The summed E-state index contributed by atoms with van der Waals surface area (Å²) < 4.78 is 39.4. The summed E-state index contributed by atoms with van der Waals surface area (Å²) in [6.07, 6.45) is 2.34. The lowest BCUT2D eigenvalue weighted by Gasteiger charge is -2.09. The second-order valence-electron chi connectivity index (χ2n) is 4.89. The fourth-order valence-electron chi connectivity index (χ4n) is 2.42. The summed E-state index contributed by atoms with van der Waals surface area (Å²) in [6.45, 7) is 0.504. The van der Waals surface area contributed by atoms with Gasteiger partial charge in [-0.1, -0.05) is 11.6 Å². The van der Waals surface area contributed by atoms with E-state index in [4.69, 9.17) is 22.3 Å². The summed E-state index contributed by atoms with van der Waals surface area (Å²) in [4.78, 5) is 11.8. The second-order valence-corrected chi connectivity index (χ2v) is 7.83. The number of aromatic nitrogens is 3. The second kappa shape index (κ2) is 5.36. The number of aryl methyl sites for hydroxylation is 1. The van der Waals surface area contributed by atoms with Crippen LogP contribution in [-0.4, -0.2) is 22.8 Å². The third kappa shape index (κ3) is 2.55. The maximum Gasteiger partial charge on any atom is 0.350 e. The lowest BCUT2D eigenvalue weighted by molar-refractivity contribution is 0.512. The molecule has 0 amide bonds. The van der Waals surface area contributed by atoms with E-state index in [-0.39, 0.29) is 10.7 Å². The molecular weight excluding hydrogens is 356 g/mol. The van der Waals surface area contributed by atoms with Crippen LogP contribution in [0.3, 0.4) is 0 Å². The largest absolute Gasteiger partial charge is 0.350 e. The zero-order chi connectivity index (χ0) is 16.1. The van der Waals surface area contributed by atoms with Gasteiger partial charge in [-0.25, -0.2) is 17.6 Å². The van der Waals surface area contributed by atoms with Crippen LogP contribution in [-0.2, 0) is 22.0 Å². The summed E-state index contributed by atoms with van der Waals surface area (Å²) >= 11 is 5.70. The van der Waals surface area contributed by atoms with E-state index in [1.54, 1.807) is 0 Å². The van der Waals surface area contributed by atoms with Crippen molar-refractivity contribution in [2.75, 3.05) is 0 Å². The smallest absolute Gasteiger partial charge is 0.279 e. The van der Waals surface area contributed by atoms with Crippen LogP contribution >= 0.6 is 22.3 Å². The van der Waals surface area contributed by atoms with Crippen LogP contribution in [0.5, 0.6) is 0 Å². The van der Waals surface area contributed by atoms with Gasteiger partial charge < -0.3 is 0 Å². The van der Waals surface area contributed by atoms with Gasteiger partial charge in [-0.3, -0.25) is 4.57 Å². The van der Waals surface area contributed by atoms with Gasteiger partial charge in [-0.15, -0.1) is 5.10 Å². The van der Waals surface area contributed by atoms with Gasteiger partial charge in [0.15, 0.2) is 5.82 Å². The number of hydrogen-bond donors (Lipinski definition) is 0. The predicted molar refractivity (Wildman–Crippen MR) is 78.8 cm³/mol. The highest BCUT2D eigenvalue weighted by Gasteiger charge is 2.23. The summed E-state index contributed by atoms with van der Waals surface area (Å²) in [5.74, 6) is -0.313. The Kier molecular flexibility index (Phi) is 3.78. The first-order valence-corrected chi connectivity index (χ1v) is 9.10. The highest BCUT2D eigenvalue weighted by atomic mass is 35.7. The average Bonchev–Trinajstić information content (AvgIpc) is 2.75. The molecule has 10 heteroatoms. The van der Waals surface area contributed by atoms with E-state index >= 15 is 0 Å². The Hall–Kier alpha value is -1.38. The average molecular weight is 366 g/mol. The van der Waals surface area contributed by atoms with E-state index in [0.29, 0.717) is 18.8 Å². The summed E-state index contributed by atoms with van der Waals surface area (Å²) in [5, 5.41) is 3.73. The van der Waals surface area contributed by atoms with Gasteiger partial charge in [0, 0.05) is 23.6 Å². The van der Waals surface area contributed by atoms with E-state index in [1.807, 2.05) is 0 Å². The molecule has 118 valence electrons. The van der Waals surface area contributed by atoms with Crippen molar-refractivity contribution in [2.24, 2.45) is 0 Å². The molecule has 6 nitrogen and oxygen atoms in total. The zero-order valence-corrected chi connectivity index (χ0v) is 13.4. The minimum Gasteiger partial charge on any atom is -0.279 e. The molecule has 0 saturated heterocycles. The summed E-state index contributed by atoms with van der Waals surface area (Å²) in [5.41, 5.74) is -0.815. The van der Waals surface area contributed by atoms with E-state index < -0.39 is 25.5 Å². The number of rotatable bonds is 2. The van der Waals surface area contributed by atoms with Gasteiger partial charge in [0.1, 0.15) is 16.4 Å². The Bertz CT molecular complexity index is 920. The molecule has 1 aliphatic rings. The van der Waals surface area contributed by atoms with Crippen molar-refractivity contribution in [3.8, 4) is 5.69 Å². The van der Waals surface area contributed by atoms with Crippen molar-refractivity contribution in [1.29, 1.82) is 0 Å². The maximum atomic E-state index is 14.1. The molecule has 0 spiro atoms. The van der Waals surface area contributed by atoms with Crippen LogP contribution in [0.2, 0.25) is 5.02 Å². The van der Waals surface area contributed by atoms with E-state index in [2.05, 4.69) is 5.10 Å². The summed E-state index contributed by atoms with van der Waals surface area (Å²) in [7, 11) is 1.10. The number of benzene rings is 1. The zero-order valence-electron chi connectivity index (χ0n) is 11.1. The molecule has 0 unspecified atom stereocenters. The van der Waals surface area contributed by atoms with Gasteiger partial charge >= 0.3 is 5.69 Å². The third-order valence-electron chi connectivity index (χ3n) is 3.46. The number of nitrogens with zero attached hydrogens (tertiary/aromatic N) is 3. The Morgan fingerprint density at radius 3 is 2.64 bits per heavy atom. The first-order chi connectivity index (χ1) is 10.3. The molecule has 2 heterocycles. The molecule has 0 fully saturated rings. The predicted octanol–water partition coefficient (Wildman–Crippen LogP) is 2.09. The minimum atomic E-state index is -4.17. The van der Waals surface area contributed by atoms with Crippen molar-refractivity contribution in [1.82, 2.24) is 14.3 Å². The molecule has 0 N–H and O–H groups in total. The first-order valence-electron chi connectivity index (χ1n) is 6.42. The molecule has 0 atom stereocenters. The quantitative estimate of drug-likeness (QED) is 0.763. The molecule has 1 aliphatic heterocycles. The molecule has 0 bridgehead atoms. The van der Waals surface area contributed by atoms with Crippen LogP contribution in [0.25, 0.3) is 5.69 Å². The maximum absolute atomic E-state index is 14.1. The molecule has 0 aliphatic carbocycles. The van der Waals surface area contributed by atoms with E-state index in [1.165, 1.54) is 4.57 Å². The molecule has 22 heavy (non-hydrogen) atoms. The van der Waals surface area contributed by atoms with Crippen LogP contribution < -0.4 is 5.69 Å². The van der Waals surface area contributed by atoms with Crippen LogP contribution in [0.1, 0.15) is 18.7 Å². The third-order valence-corrected chi connectivity index (χ3v) is 5.25. The topological polar surface area (TPSA) is 74.0 Å². The first kappa shape index (κ1) is 15.5. The van der Waals surface area contributed by atoms with Crippen molar-refractivity contribution in [2.45, 2.75) is 30.7 Å². The summed E-state index contributed by atoms with van der Waals surface area (Å²) in [6, 6.07) is 1.72. The van der Waals surface area contributed by atoms with Crippen molar-refractivity contribution >= 4 is 31.3 Å². The number of halogens is 3. The van der Waals surface area contributed by atoms with Crippen LogP contribution in [0.15, 0.2) is 21.8 Å². The van der Waals surface area contributed by atoms with E-state index in [9.17, 15) is 17.6 Å². The highest BCUT2D eigenvalue weighted by Crippen LogP contribution is 2.29. The molecular formula is C12H10Cl2FN3O3S. The fourth-order valence-corrected chi connectivity index (χ4v) is 3.92. The molecule has 0 radical (unpaired) electrons. The Labute approximate surface area is 134 Å². The van der Waals surface area contributed by atoms with Crippen molar-refractivity contribution in [3.05, 3.63) is 39.3 Å². The van der Waals surface area contributed by atoms with Crippen molar-refractivity contribution in [3.63, 3.8) is 0 Å². The minimum absolute atomic E-state index is 0.296. The van der Waals surface area contributed by atoms with Gasteiger partial charge in [0.05, 0.1) is 5.02 Å². The Balaban J connectivity index is 2.25. The SMILES string of the molecule is O=c1n(-c2cc(S(=O)(=O)Cl)c(Cl)cc2F)nc2n1CCCC2. The number of fused-ring (bicyclic) bond motifs is 1. The highest BCUT2D eigenvalue weighted by molar-refractivity contribution is 8.13. The molecule has 1 aromatic carbocycles. The molecule has 1 aromatic heterocycles.